The van der Waals surface area contributed by atoms with E-state index in [-0.39, 0.29) is 31.0 Å². The van der Waals surface area contributed by atoms with Crippen LogP contribution in [0.5, 0.6) is 11.5 Å². The second-order valence-electron chi connectivity index (χ2n) is 10.4. The number of rotatable bonds is 11. The molecule has 16 heteroatoms. The number of nitrogens with two attached hydrogens (primary N) is 1. The smallest absolute Gasteiger partial charge is 0.484 e. The lowest BCUT2D eigenvalue weighted by Crippen LogP contribution is -2.45. The van der Waals surface area contributed by atoms with Crippen LogP contribution in [0.15, 0.2) is 24.3 Å². The number of ether oxygens (including phenoxy) is 3. The predicted octanol–water partition coefficient (Wildman–Crippen LogP) is 2.30. The molecule has 3 unspecified atom stereocenters. The Morgan fingerprint density at radius 3 is 2.24 bits per heavy atom. The predicted molar refractivity (Wildman–Crippen MR) is 125 cm³/mol. The first-order valence-corrected chi connectivity index (χ1v) is 12.7. The number of halogens is 6. The van der Waals surface area contributed by atoms with E-state index in [4.69, 9.17) is 10.5 Å². The van der Waals surface area contributed by atoms with Gasteiger partial charge in [-0.25, -0.2) is 0 Å². The fourth-order valence-corrected chi connectivity index (χ4v) is 5.81. The lowest BCUT2D eigenvalue weighted by Gasteiger charge is -2.23. The molecule has 1 aliphatic carbocycles. The Bertz CT molecular complexity index is 1180. The van der Waals surface area contributed by atoms with E-state index in [0.717, 1.165) is 24.3 Å². The van der Waals surface area contributed by atoms with Gasteiger partial charge < -0.3 is 25.4 Å². The SMILES string of the molecule is NC(=O)C1CC2(CC2[C@H](C[C@H]2CCNC2=O)C(=O)COC(F)(F)F)CN1C(=O)COc1ccc(OC(F)(F)F)cc1. The van der Waals surface area contributed by atoms with Gasteiger partial charge in [0, 0.05) is 24.9 Å². The number of likely N-dealkylation sites (tertiary alicyclic amines) is 1. The summed E-state index contributed by atoms with van der Waals surface area (Å²) in [5.74, 6) is -5.12. The van der Waals surface area contributed by atoms with Gasteiger partial charge in [0.05, 0.1) is 0 Å². The van der Waals surface area contributed by atoms with Crippen molar-refractivity contribution in [2.45, 2.75) is 44.4 Å². The van der Waals surface area contributed by atoms with E-state index >= 15 is 0 Å². The molecule has 2 heterocycles. The summed E-state index contributed by atoms with van der Waals surface area (Å²) in [6.07, 6.45) is -9.09. The number of benzene rings is 1. The number of hydrogen-bond acceptors (Lipinski definition) is 7. The number of primary amides is 1. The van der Waals surface area contributed by atoms with Crippen molar-refractivity contribution in [1.29, 1.82) is 0 Å². The number of carbonyl (C=O) groups excluding carboxylic acids is 4. The molecule has 3 N–H and O–H groups in total. The number of ketones is 1. The third-order valence-electron chi connectivity index (χ3n) is 7.76. The van der Waals surface area contributed by atoms with Crippen LogP contribution in [0, 0.1) is 23.2 Å². The van der Waals surface area contributed by atoms with Crippen LogP contribution in [0.2, 0.25) is 0 Å². The maximum Gasteiger partial charge on any atom is 0.573 e. The Hall–Kier alpha value is -3.56. The zero-order chi connectivity index (χ0) is 30.2. The van der Waals surface area contributed by atoms with Crippen molar-refractivity contribution >= 4 is 23.5 Å². The van der Waals surface area contributed by atoms with Crippen LogP contribution in [-0.4, -0.2) is 73.5 Å². The summed E-state index contributed by atoms with van der Waals surface area (Å²) >= 11 is 0. The molecule has 0 radical (unpaired) electrons. The second kappa shape index (κ2) is 11.4. The molecule has 2 aliphatic heterocycles. The number of nitrogens with zero attached hydrogens (tertiary/aromatic N) is 1. The molecule has 3 amide bonds. The van der Waals surface area contributed by atoms with E-state index in [1.165, 1.54) is 4.90 Å². The summed E-state index contributed by atoms with van der Waals surface area (Å²) in [5, 5.41) is 2.63. The Balaban J connectivity index is 1.42. The molecule has 1 aromatic carbocycles. The molecule has 226 valence electrons. The molecule has 0 bridgehead atoms. The van der Waals surface area contributed by atoms with Crippen molar-refractivity contribution in [1.82, 2.24) is 10.2 Å². The first-order chi connectivity index (χ1) is 19.1. The third kappa shape index (κ3) is 7.59. The molecule has 2 saturated heterocycles. The maximum atomic E-state index is 13.0. The van der Waals surface area contributed by atoms with Crippen LogP contribution in [0.3, 0.4) is 0 Å². The number of Topliss-reactive ketones (excluding diaryl/α,β-unsaturated/α-hetero) is 1. The number of hydrogen-bond donors (Lipinski definition) is 2. The van der Waals surface area contributed by atoms with Gasteiger partial charge in [0.2, 0.25) is 11.8 Å². The topological polar surface area (TPSA) is 137 Å². The molecule has 1 spiro atoms. The summed E-state index contributed by atoms with van der Waals surface area (Å²) in [4.78, 5) is 51.4. The standard InChI is InChI=1S/C25H27F6N3O7/c26-24(27,28)40-10-19(35)16(7-13-5-6-33-22(13)38)17-8-23(17)9-18(21(32)37)34(12-23)20(36)11-39-14-1-3-15(4-2-14)41-25(29,30)31/h1-4,13,16-18H,5-12H2,(H2,32,37)(H,33,38)/t13-,16+,17?,18?,23?/m1/s1. The van der Waals surface area contributed by atoms with Crippen molar-refractivity contribution in [3.63, 3.8) is 0 Å². The highest BCUT2D eigenvalue weighted by Gasteiger charge is 2.65. The van der Waals surface area contributed by atoms with Crippen molar-refractivity contribution in [3.8, 4) is 11.5 Å². The fraction of sp³-hybridized carbons (Fsp3) is 0.600. The summed E-state index contributed by atoms with van der Waals surface area (Å²) in [7, 11) is 0. The van der Waals surface area contributed by atoms with Gasteiger partial charge in [0.15, 0.2) is 12.4 Å². The van der Waals surface area contributed by atoms with Crippen LogP contribution < -0.4 is 20.5 Å². The lowest BCUT2D eigenvalue weighted by atomic mass is 9.83. The van der Waals surface area contributed by atoms with Gasteiger partial charge in [0.1, 0.15) is 24.1 Å². The summed E-state index contributed by atoms with van der Waals surface area (Å²) in [6.45, 7) is -1.46. The molecule has 3 aliphatic rings. The summed E-state index contributed by atoms with van der Waals surface area (Å²) < 4.78 is 87.7. The molecule has 0 aromatic heterocycles. The van der Waals surface area contributed by atoms with Crippen LogP contribution in [0.4, 0.5) is 26.3 Å². The minimum absolute atomic E-state index is 0.00461. The number of alkyl halides is 6. The molecule has 41 heavy (non-hydrogen) atoms. The number of carbonyl (C=O) groups is 4. The van der Waals surface area contributed by atoms with Crippen molar-refractivity contribution in [3.05, 3.63) is 24.3 Å². The van der Waals surface area contributed by atoms with Gasteiger partial charge in [-0.2, -0.15) is 0 Å². The Morgan fingerprint density at radius 2 is 1.68 bits per heavy atom. The molecule has 4 rings (SSSR count). The Kier molecular flexibility index (Phi) is 8.43. The van der Waals surface area contributed by atoms with Crippen LogP contribution in [-0.2, 0) is 23.9 Å². The average molecular weight is 595 g/mol. The largest absolute Gasteiger partial charge is 0.573 e. The molecule has 5 atom stereocenters. The van der Waals surface area contributed by atoms with Gasteiger partial charge >= 0.3 is 12.7 Å². The highest BCUT2D eigenvalue weighted by atomic mass is 19.4. The minimum Gasteiger partial charge on any atom is -0.484 e. The molecular weight excluding hydrogens is 568 g/mol. The molecule has 1 saturated carbocycles. The normalized spacial score (nSPS) is 26.5. The van der Waals surface area contributed by atoms with Gasteiger partial charge in [-0.05, 0) is 61.3 Å². The lowest BCUT2D eigenvalue weighted by molar-refractivity contribution is -0.321. The zero-order valence-electron chi connectivity index (χ0n) is 21.4. The van der Waals surface area contributed by atoms with Crippen molar-refractivity contribution < 1.29 is 59.7 Å². The van der Waals surface area contributed by atoms with Crippen LogP contribution in [0.1, 0.15) is 25.7 Å². The first kappa shape index (κ1) is 30.4. The molecule has 10 nitrogen and oxygen atoms in total. The maximum absolute atomic E-state index is 13.0. The molecule has 3 fully saturated rings. The van der Waals surface area contributed by atoms with E-state index < -0.39 is 78.5 Å². The van der Waals surface area contributed by atoms with E-state index in [1.54, 1.807) is 0 Å². The van der Waals surface area contributed by atoms with Gasteiger partial charge in [0.25, 0.3) is 5.91 Å². The van der Waals surface area contributed by atoms with E-state index in [9.17, 15) is 45.5 Å². The first-order valence-electron chi connectivity index (χ1n) is 12.7. The minimum atomic E-state index is -5.02. The highest BCUT2D eigenvalue weighted by molar-refractivity contribution is 5.89. The summed E-state index contributed by atoms with van der Waals surface area (Å²) in [5.41, 5.74) is 4.75. The van der Waals surface area contributed by atoms with Crippen molar-refractivity contribution in [2.75, 3.05) is 26.3 Å². The van der Waals surface area contributed by atoms with Crippen molar-refractivity contribution in [2.24, 2.45) is 28.9 Å². The van der Waals surface area contributed by atoms with E-state index in [1.807, 2.05) is 0 Å². The Labute approximate surface area is 229 Å². The highest BCUT2D eigenvalue weighted by Crippen LogP contribution is 2.64. The zero-order valence-corrected chi connectivity index (χ0v) is 21.4. The average Bonchev–Trinajstić information content (AvgIpc) is 3.17. The monoisotopic (exact) mass is 595 g/mol. The van der Waals surface area contributed by atoms with Crippen LogP contribution >= 0.6 is 0 Å². The fourth-order valence-electron chi connectivity index (χ4n) is 5.81. The van der Waals surface area contributed by atoms with E-state index in [2.05, 4.69) is 14.8 Å². The van der Waals surface area contributed by atoms with Gasteiger partial charge in [-0.3, -0.25) is 23.9 Å². The summed E-state index contributed by atoms with van der Waals surface area (Å²) in [6, 6.07) is 3.21. The molecule has 1 aromatic rings. The Morgan fingerprint density at radius 1 is 1.02 bits per heavy atom. The molecular formula is C25H27F6N3O7. The number of amides is 3. The van der Waals surface area contributed by atoms with E-state index in [0.29, 0.717) is 19.4 Å². The van der Waals surface area contributed by atoms with Gasteiger partial charge in [-0.15, -0.1) is 26.3 Å². The van der Waals surface area contributed by atoms with Crippen LogP contribution in [0.25, 0.3) is 0 Å². The number of nitrogens with one attached hydrogen (secondary N) is 1. The second-order valence-corrected chi connectivity index (χ2v) is 10.4. The van der Waals surface area contributed by atoms with Gasteiger partial charge in [-0.1, -0.05) is 0 Å². The third-order valence-corrected chi connectivity index (χ3v) is 7.76. The quantitative estimate of drug-likeness (QED) is 0.375.